The molecule has 0 radical (unpaired) electrons. The molecule has 1 aromatic heterocycles. The van der Waals surface area contributed by atoms with Gasteiger partial charge in [-0.1, -0.05) is 5.16 Å². The Balaban J connectivity index is 2.76. The number of furan rings is 1. The van der Waals surface area contributed by atoms with Gasteiger partial charge in [-0.2, -0.15) is 0 Å². The lowest BCUT2D eigenvalue weighted by molar-refractivity contribution is -0.102. The van der Waals surface area contributed by atoms with Crippen LogP contribution in [0.4, 0.5) is 0 Å². The maximum absolute atomic E-state index is 10.4. The molecule has 0 amide bonds. The number of hydrogen-bond donors (Lipinski definition) is 0. The summed E-state index contributed by atoms with van der Waals surface area (Å²) in [6.07, 6.45) is 2.06. The van der Waals surface area contributed by atoms with Crippen LogP contribution < -0.4 is 0 Å². The van der Waals surface area contributed by atoms with Gasteiger partial charge in [-0.15, -0.1) is 0 Å². The highest BCUT2D eigenvalue weighted by Gasteiger charge is 2.04. The van der Waals surface area contributed by atoms with Gasteiger partial charge in [0.25, 0.3) is 0 Å². The zero-order valence-corrected chi connectivity index (χ0v) is 6.69. The van der Waals surface area contributed by atoms with Crippen molar-refractivity contribution in [3.63, 3.8) is 0 Å². The molecule has 0 aliphatic carbocycles. The number of aldehydes is 1. The quantitative estimate of drug-likeness (QED) is 0.385. The monoisotopic (exact) mass is 167 g/mol. The molecular weight excluding hydrogens is 158 g/mol. The Morgan fingerprint density at radius 1 is 1.83 bits per heavy atom. The Morgan fingerprint density at radius 2 is 2.67 bits per heavy atom. The van der Waals surface area contributed by atoms with Gasteiger partial charge in [0.1, 0.15) is 6.61 Å². The third-order valence-corrected chi connectivity index (χ3v) is 1.18. The summed E-state index contributed by atoms with van der Waals surface area (Å²) in [5, 5.41) is 3.56. The van der Waals surface area contributed by atoms with Crippen LogP contribution in [-0.2, 0) is 9.63 Å². The molecule has 64 valence electrons. The Morgan fingerprint density at radius 3 is 3.17 bits per heavy atom. The molecule has 0 saturated heterocycles. The van der Waals surface area contributed by atoms with Crippen molar-refractivity contribution >= 4 is 12.0 Å². The van der Waals surface area contributed by atoms with Crippen molar-refractivity contribution in [2.75, 3.05) is 6.61 Å². The third-order valence-electron chi connectivity index (χ3n) is 1.18. The highest BCUT2D eigenvalue weighted by molar-refractivity contribution is 6.35. The van der Waals surface area contributed by atoms with Crippen molar-refractivity contribution < 1.29 is 14.0 Å². The van der Waals surface area contributed by atoms with Crippen molar-refractivity contribution in [1.82, 2.24) is 0 Å². The van der Waals surface area contributed by atoms with Gasteiger partial charge in [0.15, 0.2) is 17.8 Å². The molecular formula is C8H9NO3. The van der Waals surface area contributed by atoms with E-state index in [1.165, 1.54) is 6.26 Å². The van der Waals surface area contributed by atoms with Gasteiger partial charge in [-0.25, -0.2) is 0 Å². The van der Waals surface area contributed by atoms with Gasteiger partial charge in [-0.3, -0.25) is 4.79 Å². The second kappa shape index (κ2) is 4.33. The summed E-state index contributed by atoms with van der Waals surface area (Å²) in [6.45, 7) is 2.21. The van der Waals surface area contributed by atoms with Crippen molar-refractivity contribution in [3.8, 4) is 0 Å². The van der Waals surface area contributed by atoms with E-state index in [9.17, 15) is 4.79 Å². The van der Waals surface area contributed by atoms with Crippen molar-refractivity contribution in [3.05, 3.63) is 24.2 Å². The molecule has 4 nitrogen and oxygen atoms in total. The lowest BCUT2D eigenvalue weighted by Gasteiger charge is -1.93. The fourth-order valence-corrected chi connectivity index (χ4v) is 0.683. The Bertz CT molecular complexity index is 264. The van der Waals surface area contributed by atoms with Crippen LogP contribution in [-0.4, -0.2) is 18.6 Å². The Hall–Kier alpha value is -1.58. The predicted molar refractivity (Wildman–Crippen MR) is 42.9 cm³/mol. The van der Waals surface area contributed by atoms with Crippen LogP contribution in [0.1, 0.15) is 12.7 Å². The van der Waals surface area contributed by atoms with E-state index in [2.05, 4.69) is 5.16 Å². The third kappa shape index (κ3) is 1.95. The normalized spacial score (nSPS) is 11.2. The Labute approximate surface area is 69.8 Å². The van der Waals surface area contributed by atoms with E-state index in [0.717, 1.165) is 0 Å². The van der Waals surface area contributed by atoms with Gasteiger partial charge in [0.2, 0.25) is 0 Å². The largest absolute Gasteiger partial charge is 0.462 e. The van der Waals surface area contributed by atoms with E-state index in [4.69, 9.17) is 9.25 Å². The smallest absolute Gasteiger partial charge is 0.184 e. The molecule has 0 saturated carbocycles. The first kappa shape index (κ1) is 8.52. The summed E-state index contributed by atoms with van der Waals surface area (Å²) in [6, 6.07) is 3.33. The molecule has 0 fully saturated rings. The molecule has 1 heterocycles. The van der Waals surface area contributed by atoms with E-state index < -0.39 is 0 Å². The molecule has 0 aliphatic heterocycles. The number of rotatable bonds is 4. The van der Waals surface area contributed by atoms with Crippen LogP contribution in [0.2, 0.25) is 0 Å². The second-order valence-electron chi connectivity index (χ2n) is 1.99. The lowest BCUT2D eigenvalue weighted by atomic mass is 10.3. The summed E-state index contributed by atoms with van der Waals surface area (Å²) in [7, 11) is 0. The predicted octanol–water partition coefficient (Wildman–Crippen LogP) is 1.22. The number of hydrogen-bond acceptors (Lipinski definition) is 4. The van der Waals surface area contributed by atoms with Crippen LogP contribution in [0.15, 0.2) is 28.0 Å². The molecule has 1 rings (SSSR count). The van der Waals surface area contributed by atoms with Crippen LogP contribution in [0, 0.1) is 0 Å². The summed E-state index contributed by atoms with van der Waals surface area (Å²) in [5.74, 6) is 0.415. The SMILES string of the molecule is CCON=C(C=O)c1ccco1. The van der Waals surface area contributed by atoms with E-state index in [1.807, 2.05) is 0 Å². The molecule has 0 N–H and O–H groups in total. The zero-order valence-electron chi connectivity index (χ0n) is 6.69. The fourth-order valence-electron chi connectivity index (χ4n) is 0.683. The minimum atomic E-state index is 0.168. The molecule has 0 unspecified atom stereocenters. The van der Waals surface area contributed by atoms with E-state index >= 15 is 0 Å². The molecule has 0 spiro atoms. The maximum atomic E-state index is 10.4. The van der Waals surface area contributed by atoms with Gasteiger partial charge in [0, 0.05) is 0 Å². The van der Waals surface area contributed by atoms with E-state index in [1.54, 1.807) is 19.1 Å². The summed E-state index contributed by atoms with van der Waals surface area (Å²) in [4.78, 5) is 15.1. The highest BCUT2D eigenvalue weighted by atomic mass is 16.6. The summed E-state index contributed by atoms with van der Waals surface area (Å²) < 4.78 is 4.94. The van der Waals surface area contributed by atoms with Crippen molar-refractivity contribution in [2.45, 2.75) is 6.92 Å². The first-order valence-electron chi connectivity index (χ1n) is 3.57. The van der Waals surface area contributed by atoms with Crippen LogP contribution in [0.25, 0.3) is 0 Å². The Kier molecular flexibility index (Phi) is 3.07. The average Bonchev–Trinajstić information content (AvgIpc) is 2.59. The number of nitrogens with zero attached hydrogens (tertiary/aromatic N) is 1. The first-order valence-corrected chi connectivity index (χ1v) is 3.57. The maximum Gasteiger partial charge on any atom is 0.184 e. The van der Waals surface area contributed by atoms with Gasteiger partial charge in [0.05, 0.1) is 6.26 Å². The lowest BCUT2D eigenvalue weighted by Crippen LogP contribution is -2.01. The first-order chi connectivity index (χ1) is 5.88. The molecule has 0 aromatic carbocycles. The van der Waals surface area contributed by atoms with Crippen LogP contribution in [0.5, 0.6) is 0 Å². The van der Waals surface area contributed by atoms with Crippen molar-refractivity contribution in [1.29, 1.82) is 0 Å². The minimum absolute atomic E-state index is 0.168. The van der Waals surface area contributed by atoms with E-state index in [0.29, 0.717) is 18.7 Å². The van der Waals surface area contributed by atoms with Crippen LogP contribution in [0.3, 0.4) is 0 Å². The molecule has 0 aliphatic rings. The average molecular weight is 167 g/mol. The fraction of sp³-hybridized carbons (Fsp3) is 0.250. The van der Waals surface area contributed by atoms with Gasteiger partial charge in [-0.05, 0) is 19.1 Å². The van der Waals surface area contributed by atoms with Crippen molar-refractivity contribution in [2.24, 2.45) is 5.16 Å². The molecule has 0 bridgehead atoms. The summed E-state index contributed by atoms with van der Waals surface area (Å²) >= 11 is 0. The molecule has 12 heavy (non-hydrogen) atoms. The summed E-state index contributed by atoms with van der Waals surface area (Å²) in [5.41, 5.74) is 0.168. The topological polar surface area (TPSA) is 51.8 Å². The second-order valence-corrected chi connectivity index (χ2v) is 1.99. The number of oxime groups is 1. The van der Waals surface area contributed by atoms with Gasteiger partial charge < -0.3 is 9.25 Å². The zero-order chi connectivity index (χ0) is 8.81. The van der Waals surface area contributed by atoms with Crippen LogP contribution >= 0.6 is 0 Å². The highest BCUT2D eigenvalue weighted by Crippen LogP contribution is 2.00. The molecule has 0 atom stereocenters. The van der Waals surface area contributed by atoms with E-state index in [-0.39, 0.29) is 5.71 Å². The standard InChI is InChI=1S/C8H9NO3/c1-2-12-9-7(6-10)8-4-3-5-11-8/h3-6H,2H2,1H3. The molecule has 4 heteroatoms. The molecule has 1 aromatic rings. The number of carbonyl (C=O) groups excluding carboxylic acids is 1. The minimum Gasteiger partial charge on any atom is -0.462 e. The van der Waals surface area contributed by atoms with Gasteiger partial charge >= 0.3 is 0 Å². The number of carbonyl (C=O) groups is 1.